The van der Waals surface area contributed by atoms with E-state index in [0.29, 0.717) is 11.6 Å². The Balaban J connectivity index is 1.59. The minimum atomic E-state index is 0.0805. The molecule has 2 saturated heterocycles. The van der Waals surface area contributed by atoms with Crippen LogP contribution in [0.5, 0.6) is 5.75 Å². The van der Waals surface area contributed by atoms with Gasteiger partial charge in [0.05, 0.1) is 11.8 Å². The summed E-state index contributed by atoms with van der Waals surface area (Å²) < 4.78 is 8.54. The van der Waals surface area contributed by atoms with Crippen LogP contribution >= 0.6 is 11.6 Å². The molecule has 1 aromatic carbocycles. The van der Waals surface area contributed by atoms with Crippen molar-refractivity contribution < 1.29 is 4.74 Å². The van der Waals surface area contributed by atoms with Gasteiger partial charge < -0.3 is 24.0 Å². The highest BCUT2D eigenvalue weighted by atomic mass is 35.5. The number of nitrogens with zero attached hydrogens (tertiary/aromatic N) is 8. The highest BCUT2D eigenvalue weighted by Gasteiger charge is 2.29. The van der Waals surface area contributed by atoms with E-state index in [1.54, 1.807) is 0 Å². The zero-order valence-corrected chi connectivity index (χ0v) is 26.4. The van der Waals surface area contributed by atoms with Gasteiger partial charge in [-0.1, -0.05) is 18.2 Å². The van der Waals surface area contributed by atoms with Gasteiger partial charge in [-0.15, -0.1) is 10.2 Å². The SMILES string of the molecule is C=C1c2cc(Cl)ccc2OCc2nnc(C)n2CCN(C)/C(C)=C/C(N2CCC2)=N\C(C)=C\C(=NC)C2CCCCN12. The Hall–Kier alpha value is -3.59. The molecule has 1 atom stereocenters. The first-order valence-electron chi connectivity index (χ1n) is 14.9. The average molecular weight is 591 g/mol. The number of aliphatic imine (C=N–C) groups is 2. The molecule has 42 heavy (non-hydrogen) atoms. The Morgan fingerprint density at radius 2 is 1.81 bits per heavy atom. The standard InChI is InChI=1S/C32H43ClN8O/c1-22-18-28(34-5)29-10-7-8-15-40(29)24(3)27-20-26(33)11-12-30(27)42-21-32-37-36-25(4)41(32)17-16-38(6)23(2)19-31(35-22)39-13-9-14-39/h11-12,18-20,29H,3,7-10,13-17,21H2,1-2,4-6H3/b22-18+,23-19+,34-28?,35-31+. The summed E-state index contributed by atoms with van der Waals surface area (Å²) >= 11 is 6.52. The number of hydrogen-bond acceptors (Lipinski definition) is 8. The Morgan fingerprint density at radius 3 is 2.55 bits per heavy atom. The summed E-state index contributed by atoms with van der Waals surface area (Å²) in [6, 6.07) is 5.80. The van der Waals surface area contributed by atoms with Gasteiger partial charge in [-0.2, -0.15) is 0 Å². The Kier molecular flexibility index (Phi) is 9.36. The number of allylic oxidation sites excluding steroid dienone is 2. The fraction of sp³-hybridized carbons (Fsp3) is 0.500. The summed E-state index contributed by atoms with van der Waals surface area (Å²) in [5.41, 5.74) is 4.85. The van der Waals surface area contributed by atoms with Crippen LogP contribution < -0.4 is 4.74 Å². The van der Waals surface area contributed by atoms with Crippen molar-refractivity contribution in [3.63, 3.8) is 0 Å². The number of piperidine rings is 1. The van der Waals surface area contributed by atoms with E-state index in [4.69, 9.17) is 26.3 Å². The molecule has 5 rings (SSSR count). The number of likely N-dealkylation sites (tertiary alicyclic amines) is 1. The highest BCUT2D eigenvalue weighted by Crippen LogP contribution is 2.35. The second-order valence-corrected chi connectivity index (χ2v) is 11.8. The molecular formula is C32H43ClN8O. The molecule has 10 heteroatoms. The van der Waals surface area contributed by atoms with Gasteiger partial charge in [0.25, 0.3) is 0 Å². The minimum absolute atomic E-state index is 0.0805. The van der Waals surface area contributed by atoms with E-state index >= 15 is 0 Å². The van der Waals surface area contributed by atoms with Gasteiger partial charge in [-0.25, -0.2) is 4.99 Å². The number of ether oxygens (including phenoxy) is 1. The summed E-state index contributed by atoms with van der Waals surface area (Å²) in [5.74, 6) is 3.36. The fourth-order valence-electron chi connectivity index (χ4n) is 5.73. The number of aromatic nitrogens is 3. The van der Waals surface area contributed by atoms with Crippen molar-refractivity contribution in [2.45, 2.75) is 65.6 Å². The molecule has 4 heterocycles. The third-order valence-electron chi connectivity index (χ3n) is 8.50. The summed E-state index contributed by atoms with van der Waals surface area (Å²) in [7, 11) is 3.99. The van der Waals surface area contributed by atoms with E-state index in [2.05, 4.69) is 69.1 Å². The summed E-state index contributed by atoms with van der Waals surface area (Å²) in [4.78, 5) is 16.8. The molecule has 2 aromatic rings. The van der Waals surface area contributed by atoms with E-state index in [0.717, 1.165) is 104 Å². The molecule has 0 N–H and O–H groups in total. The van der Waals surface area contributed by atoms with Crippen molar-refractivity contribution in [2.75, 3.05) is 40.3 Å². The van der Waals surface area contributed by atoms with Crippen LogP contribution in [0.25, 0.3) is 5.70 Å². The zero-order valence-electron chi connectivity index (χ0n) is 25.6. The molecule has 0 aliphatic carbocycles. The molecule has 224 valence electrons. The van der Waals surface area contributed by atoms with Crippen LogP contribution in [0.15, 0.2) is 58.3 Å². The Bertz CT molecular complexity index is 1430. The van der Waals surface area contributed by atoms with E-state index in [9.17, 15) is 0 Å². The van der Waals surface area contributed by atoms with Crippen LogP contribution in [0.3, 0.4) is 0 Å². The van der Waals surface area contributed by atoms with Gasteiger partial charge >= 0.3 is 0 Å². The van der Waals surface area contributed by atoms with Crippen molar-refractivity contribution in [3.8, 4) is 5.75 Å². The number of halogens is 1. The van der Waals surface area contributed by atoms with Crippen molar-refractivity contribution >= 4 is 28.8 Å². The molecule has 3 aliphatic rings. The first-order valence-corrected chi connectivity index (χ1v) is 15.3. The topological polar surface area (TPSA) is 74.4 Å². The van der Waals surface area contributed by atoms with Crippen LogP contribution in [-0.2, 0) is 13.2 Å². The van der Waals surface area contributed by atoms with E-state index in [-0.39, 0.29) is 6.04 Å². The largest absolute Gasteiger partial charge is 0.485 e. The molecule has 1 aromatic heterocycles. The van der Waals surface area contributed by atoms with E-state index in [1.807, 2.05) is 32.2 Å². The minimum Gasteiger partial charge on any atom is -0.485 e. The first-order chi connectivity index (χ1) is 20.2. The quantitative estimate of drug-likeness (QED) is 0.399. The van der Waals surface area contributed by atoms with Crippen molar-refractivity contribution in [1.29, 1.82) is 0 Å². The van der Waals surface area contributed by atoms with E-state index < -0.39 is 0 Å². The highest BCUT2D eigenvalue weighted by molar-refractivity contribution is 6.30. The molecule has 2 fully saturated rings. The monoisotopic (exact) mass is 590 g/mol. The van der Waals surface area contributed by atoms with E-state index in [1.165, 1.54) is 6.42 Å². The van der Waals surface area contributed by atoms with Gasteiger partial charge in [0.15, 0.2) is 5.82 Å². The van der Waals surface area contributed by atoms with Crippen molar-refractivity contribution in [1.82, 2.24) is 29.5 Å². The number of hydrogen-bond donors (Lipinski definition) is 0. The third kappa shape index (κ3) is 6.56. The second kappa shape index (κ2) is 13.2. The molecule has 0 bridgehead atoms. The lowest BCUT2D eigenvalue weighted by atomic mass is 9.95. The maximum Gasteiger partial charge on any atom is 0.171 e. The van der Waals surface area contributed by atoms with Gasteiger partial charge in [0, 0.05) is 74.5 Å². The molecule has 0 spiro atoms. The summed E-state index contributed by atoms with van der Waals surface area (Å²) in [6.45, 7) is 15.5. The molecule has 1 unspecified atom stereocenters. The summed E-state index contributed by atoms with van der Waals surface area (Å²) in [6.07, 6.45) is 8.73. The smallest absolute Gasteiger partial charge is 0.171 e. The number of benzene rings is 1. The maximum atomic E-state index is 6.52. The van der Waals surface area contributed by atoms with Gasteiger partial charge in [-0.3, -0.25) is 4.99 Å². The first kappa shape index (κ1) is 29.9. The van der Waals surface area contributed by atoms with Gasteiger partial charge in [-0.05, 0) is 76.8 Å². The van der Waals surface area contributed by atoms with Crippen LogP contribution in [-0.4, -0.2) is 87.3 Å². The Labute approximate surface area is 254 Å². The van der Waals surface area contributed by atoms with Crippen molar-refractivity contribution in [2.24, 2.45) is 9.98 Å². The second-order valence-electron chi connectivity index (χ2n) is 11.3. The lowest BCUT2D eigenvalue weighted by molar-refractivity contribution is 0.272. The third-order valence-corrected chi connectivity index (χ3v) is 8.73. The van der Waals surface area contributed by atoms with Crippen molar-refractivity contribution in [3.05, 3.63) is 70.6 Å². The fourth-order valence-corrected chi connectivity index (χ4v) is 5.91. The number of rotatable bonds is 0. The molecule has 0 radical (unpaired) electrons. The number of fused-ring (bicyclic) bond motifs is 3. The predicted octanol–water partition coefficient (Wildman–Crippen LogP) is 5.57. The van der Waals surface area contributed by atoms with Crippen LogP contribution in [0, 0.1) is 6.92 Å². The number of aryl methyl sites for hydroxylation is 1. The van der Waals surface area contributed by atoms with Crippen LogP contribution in [0.1, 0.15) is 56.7 Å². The Morgan fingerprint density at radius 1 is 1.00 bits per heavy atom. The van der Waals surface area contributed by atoms with Crippen LogP contribution in [0.2, 0.25) is 5.02 Å². The summed E-state index contributed by atoms with van der Waals surface area (Å²) in [5, 5.41) is 9.45. The molecule has 0 saturated carbocycles. The predicted molar refractivity (Wildman–Crippen MR) is 171 cm³/mol. The maximum absolute atomic E-state index is 6.52. The molecule has 9 nitrogen and oxygen atoms in total. The lowest BCUT2D eigenvalue weighted by Gasteiger charge is -2.39. The van der Waals surface area contributed by atoms with Gasteiger partial charge in [0.1, 0.15) is 24.0 Å². The van der Waals surface area contributed by atoms with Crippen LogP contribution in [0.4, 0.5) is 0 Å². The zero-order chi connectivity index (χ0) is 29.8. The lowest BCUT2D eigenvalue weighted by Crippen LogP contribution is -2.43. The molecular weight excluding hydrogens is 548 g/mol. The molecule has 0 amide bonds. The average Bonchev–Trinajstić information content (AvgIpc) is 3.30. The van der Waals surface area contributed by atoms with Gasteiger partial charge in [0.2, 0.25) is 0 Å². The molecule has 3 aliphatic heterocycles. The normalized spacial score (nSPS) is 25.6. The number of likely N-dealkylation sites (N-methyl/N-ethyl adjacent to an activating group) is 1. The number of amidine groups is 1.